The number of aromatic nitrogens is 2. The van der Waals surface area contributed by atoms with E-state index in [0.29, 0.717) is 22.2 Å². The van der Waals surface area contributed by atoms with Crippen molar-refractivity contribution in [3.05, 3.63) is 89.8 Å². The summed E-state index contributed by atoms with van der Waals surface area (Å²) in [7, 11) is 0. The maximum Gasteiger partial charge on any atom is 0.198 e. The highest BCUT2D eigenvalue weighted by molar-refractivity contribution is 6.18. The molecular formula is C20H12F2N2O. The predicted molar refractivity (Wildman–Crippen MR) is 91.3 cm³/mol. The summed E-state index contributed by atoms with van der Waals surface area (Å²) in [4.78, 5) is 19.9. The Bertz CT molecular complexity index is 1100. The van der Waals surface area contributed by atoms with Crippen molar-refractivity contribution in [2.75, 3.05) is 0 Å². The monoisotopic (exact) mass is 334 g/mol. The van der Waals surface area contributed by atoms with E-state index in [1.165, 1.54) is 36.7 Å². The van der Waals surface area contributed by atoms with Gasteiger partial charge >= 0.3 is 0 Å². The molecule has 0 bridgehead atoms. The lowest BCUT2D eigenvalue weighted by atomic mass is 9.97. The van der Waals surface area contributed by atoms with Crippen molar-refractivity contribution >= 4 is 16.8 Å². The van der Waals surface area contributed by atoms with Crippen molar-refractivity contribution in [2.45, 2.75) is 0 Å². The SMILES string of the molecule is O=C(c1ccccc1F)c1c[nH]c2nccc(-c3ccccc3F)c12. The molecule has 0 aliphatic heterocycles. The van der Waals surface area contributed by atoms with E-state index in [1.54, 1.807) is 30.3 Å². The molecule has 4 rings (SSSR count). The number of halogens is 2. The molecule has 0 fully saturated rings. The number of carbonyl (C=O) groups is 1. The standard InChI is InChI=1S/C20H12F2N2O/c21-16-7-3-1-5-12(16)13-9-10-23-20-18(13)15(11-24-20)19(25)14-6-2-4-8-17(14)22/h1-11H,(H,23,24). The van der Waals surface area contributed by atoms with Gasteiger partial charge in [-0.25, -0.2) is 13.8 Å². The van der Waals surface area contributed by atoms with Crippen LogP contribution in [0.5, 0.6) is 0 Å². The van der Waals surface area contributed by atoms with Gasteiger partial charge in [0.15, 0.2) is 5.78 Å². The zero-order chi connectivity index (χ0) is 17.4. The van der Waals surface area contributed by atoms with Gasteiger partial charge in [-0.2, -0.15) is 0 Å². The fourth-order valence-corrected chi connectivity index (χ4v) is 2.93. The van der Waals surface area contributed by atoms with Gasteiger partial charge in [-0.05, 0) is 29.8 Å². The number of H-pyrrole nitrogens is 1. The Morgan fingerprint density at radius 2 is 1.56 bits per heavy atom. The third-order valence-electron chi connectivity index (χ3n) is 4.10. The van der Waals surface area contributed by atoms with Gasteiger partial charge in [0.25, 0.3) is 0 Å². The van der Waals surface area contributed by atoms with E-state index in [-0.39, 0.29) is 11.1 Å². The van der Waals surface area contributed by atoms with Crippen LogP contribution in [-0.4, -0.2) is 15.8 Å². The van der Waals surface area contributed by atoms with Crippen molar-refractivity contribution in [3.8, 4) is 11.1 Å². The van der Waals surface area contributed by atoms with Gasteiger partial charge in [-0.3, -0.25) is 4.79 Å². The van der Waals surface area contributed by atoms with E-state index < -0.39 is 17.4 Å². The largest absolute Gasteiger partial charge is 0.345 e. The smallest absolute Gasteiger partial charge is 0.198 e. The molecule has 4 aromatic rings. The van der Waals surface area contributed by atoms with Crippen molar-refractivity contribution in [3.63, 3.8) is 0 Å². The van der Waals surface area contributed by atoms with Crippen LogP contribution in [0.2, 0.25) is 0 Å². The molecule has 0 aliphatic carbocycles. The van der Waals surface area contributed by atoms with Crippen LogP contribution < -0.4 is 0 Å². The van der Waals surface area contributed by atoms with Crippen LogP contribution in [-0.2, 0) is 0 Å². The quantitative estimate of drug-likeness (QED) is 0.550. The minimum atomic E-state index is -0.599. The van der Waals surface area contributed by atoms with Gasteiger partial charge in [0.1, 0.15) is 17.3 Å². The predicted octanol–water partition coefficient (Wildman–Crippen LogP) is 4.74. The van der Waals surface area contributed by atoms with E-state index in [0.717, 1.165) is 0 Å². The van der Waals surface area contributed by atoms with Gasteiger partial charge in [0.2, 0.25) is 0 Å². The summed E-state index contributed by atoms with van der Waals surface area (Å²) < 4.78 is 28.3. The van der Waals surface area contributed by atoms with Crippen LogP contribution in [0.1, 0.15) is 15.9 Å². The molecule has 0 atom stereocenters. The minimum absolute atomic E-state index is 0.0354. The lowest BCUT2D eigenvalue weighted by molar-refractivity contribution is 0.103. The van der Waals surface area contributed by atoms with Crippen LogP contribution in [0.3, 0.4) is 0 Å². The average Bonchev–Trinajstić information content (AvgIpc) is 3.06. The van der Waals surface area contributed by atoms with E-state index >= 15 is 0 Å². The fourth-order valence-electron chi connectivity index (χ4n) is 2.93. The molecule has 1 N–H and O–H groups in total. The Morgan fingerprint density at radius 3 is 2.32 bits per heavy atom. The molecule has 2 aromatic heterocycles. The first kappa shape index (κ1) is 15.2. The van der Waals surface area contributed by atoms with Crippen LogP contribution in [0.15, 0.2) is 67.0 Å². The second-order valence-corrected chi connectivity index (χ2v) is 5.57. The Kier molecular flexibility index (Phi) is 3.61. The van der Waals surface area contributed by atoms with E-state index in [4.69, 9.17) is 0 Å². The number of hydrogen-bond donors (Lipinski definition) is 1. The molecule has 122 valence electrons. The number of pyridine rings is 1. The molecule has 0 saturated carbocycles. The number of ketones is 1. The number of aromatic amines is 1. The van der Waals surface area contributed by atoms with Gasteiger partial charge in [-0.1, -0.05) is 30.3 Å². The molecule has 5 heteroatoms. The number of benzene rings is 2. The van der Waals surface area contributed by atoms with Gasteiger partial charge in [0.05, 0.1) is 11.1 Å². The molecule has 0 radical (unpaired) electrons. The topological polar surface area (TPSA) is 45.8 Å². The van der Waals surface area contributed by atoms with Crippen molar-refractivity contribution in [1.29, 1.82) is 0 Å². The van der Waals surface area contributed by atoms with Crippen LogP contribution in [0.25, 0.3) is 22.2 Å². The molecule has 0 aliphatic rings. The highest BCUT2D eigenvalue weighted by Crippen LogP contribution is 2.32. The first-order chi connectivity index (χ1) is 12.2. The molecule has 0 unspecified atom stereocenters. The summed E-state index contributed by atoms with van der Waals surface area (Å²) in [5.74, 6) is -1.48. The number of carbonyl (C=O) groups excluding carboxylic acids is 1. The Balaban J connectivity index is 1.97. The zero-order valence-corrected chi connectivity index (χ0v) is 13.0. The van der Waals surface area contributed by atoms with E-state index in [9.17, 15) is 13.6 Å². The number of rotatable bonds is 3. The second-order valence-electron chi connectivity index (χ2n) is 5.57. The second kappa shape index (κ2) is 5.94. The molecule has 0 amide bonds. The Labute approximate surface area is 142 Å². The van der Waals surface area contributed by atoms with Gasteiger partial charge in [0, 0.05) is 23.3 Å². The molecular weight excluding hydrogens is 322 g/mol. The Hall–Kier alpha value is -3.34. The number of nitrogens with zero attached hydrogens (tertiary/aromatic N) is 1. The maximum atomic E-state index is 14.3. The van der Waals surface area contributed by atoms with Crippen LogP contribution >= 0.6 is 0 Å². The summed E-state index contributed by atoms with van der Waals surface area (Å²) in [6.45, 7) is 0. The molecule has 0 saturated heterocycles. The summed E-state index contributed by atoms with van der Waals surface area (Å²) >= 11 is 0. The summed E-state index contributed by atoms with van der Waals surface area (Å²) in [6.07, 6.45) is 3.02. The van der Waals surface area contributed by atoms with Crippen molar-refractivity contribution < 1.29 is 13.6 Å². The average molecular weight is 334 g/mol. The first-order valence-corrected chi connectivity index (χ1v) is 7.67. The lowest BCUT2D eigenvalue weighted by Gasteiger charge is -2.07. The van der Waals surface area contributed by atoms with Gasteiger partial charge < -0.3 is 4.98 Å². The number of fused-ring (bicyclic) bond motifs is 1. The maximum absolute atomic E-state index is 14.3. The zero-order valence-electron chi connectivity index (χ0n) is 13.0. The van der Waals surface area contributed by atoms with Crippen LogP contribution in [0.4, 0.5) is 8.78 Å². The molecule has 0 spiro atoms. The summed E-state index contributed by atoms with van der Waals surface area (Å²) in [5.41, 5.74) is 1.56. The molecule has 2 heterocycles. The molecule has 3 nitrogen and oxygen atoms in total. The van der Waals surface area contributed by atoms with E-state index in [2.05, 4.69) is 9.97 Å². The number of nitrogens with one attached hydrogen (secondary N) is 1. The highest BCUT2D eigenvalue weighted by atomic mass is 19.1. The van der Waals surface area contributed by atoms with Gasteiger partial charge in [-0.15, -0.1) is 0 Å². The molecule has 25 heavy (non-hydrogen) atoms. The third kappa shape index (κ3) is 2.50. The Morgan fingerprint density at radius 1 is 0.840 bits per heavy atom. The van der Waals surface area contributed by atoms with E-state index in [1.807, 2.05) is 0 Å². The number of hydrogen-bond acceptors (Lipinski definition) is 2. The third-order valence-corrected chi connectivity index (χ3v) is 4.10. The lowest BCUT2D eigenvalue weighted by Crippen LogP contribution is -2.04. The normalized spacial score (nSPS) is 11.0. The fraction of sp³-hybridized carbons (Fsp3) is 0. The van der Waals surface area contributed by atoms with Crippen molar-refractivity contribution in [2.24, 2.45) is 0 Å². The highest BCUT2D eigenvalue weighted by Gasteiger charge is 2.21. The summed E-state index contributed by atoms with van der Waals surface area (Å²) in [5, 5.41) is 0.473. The van der Waals surface area contributed by atoms with Crippen LogP contribution in [0, 0.1) is 11.6 Å². The first-order valence-electron chi connectivity index (χ1n) is 7.67. The van der Waals surface area contributed by atoms with Crippen molar-refractivity contribution in [1.82, 2.24) is 9.97 Å². The summed E-state index contributed by atoms with van der Waals surface area (Å²) in [6, 6.07) is 13.7. The minimum Gasteiger partial charge on any atom is -0.345 e. The molecule has 2 aromatic carbocycles.